The van der Waals surface area contributed by atoms with E-state index < -0.39 is 0 Å². The Hall–Kier alpha value is -3.16. The third-order valence-electron chi connectivity index (χ3n) is 6.01. The highest BCUT2D eigenvalue weighted by molar-refractivity contribution is 5.98. The third kappa shape index (κ3) is 3.50. The lowest BCUT2D eigenvalue weighted by Crippen LogP contribution is -2.37. The van der Waals surface area contributed by atoms with Crippen molar-refractivity contribution in [2.24, 2.45) is 11.8 Å². The fourth-order valence-electron chi connectivity index (χ4n) is 4.19. The second kappa shape index (κ2) is 7.35. The molecule has 0 unspecified atom stereocenters. The van der Waals surface area contributed by atoms with Crippen LogP contribution in [0.5, 0.6) is 0 Å². The number of hydrogen-bond donors (Lipinski definition) is 2. The van der Waals surface area contributed by atoms with Gasteiger partial charge in [0, 0.05) is 51.0 Å². The zero-order valence-electron chi connectivity index (χ0n) is 16.8. The standard InChI is InChI=1S/C21H25N5O3/c1-12(14-7-5-4-6-8-14)26-18(9-17(24-26)20(28)22-3)21(29)23-19-15-10-25(13(2)27)11-16(15)19/h4-9,12,15-16,19H,10-11H2,1-3H3,(H,22,28)(H,23,29)/t12-,15-,16+,19+/m0/s1. The van der Waals surface area contributed by atoms with Crippen molar-refractivity contribution in [3.8, 4) is 0 Å². The highest BCUT2D eigenvalue weighted by atomic mass is 16.2. The Labute approximate surface area is 169 Å². The van der Waals surface area contributed by atoms with E-state index in [9.17, 15) is 14.4 Å². The molecule has 1 aromatic heterocycles. The van der Waals surface area contributed by atoms with Gasteiger partial charge >= 0.3 is 0 Å². The summed E-state index contributed by atoms with van der Waals surface area (Å²) in [5.74, 6) is 0.114. The van der Waals surface area contributed by atoms with Crippen LogP contribution in [0.1, 0.15) is 46.4 Å². The molecule has 2 heterocycles. The Morgan fingerprint density at radius 2 is 1.76 bits per heavy atom. The average Bonchev–Trinajstić information content (AvgIpc) is 3.11. The molecule has 152 valence electrons. The molecule has 4 atom stereocenters. The molecule has 29 heavy (non-hydrogen) atoms. The van der Waals surface area contributed by atoms with Gasteiger partial charge < -0.3 is 15.5 Å². The van der Waals surface area contributed by atoms with Gasteiger partial charge in [0.25, 0.3) is 11.8 Å². The second-order valence-electron chi connectivity index (χ2n) is 7.78. The molecule has 0 spiro atoms. The Kier molecular flexibility index (Phi) is 4.86. The van der Waals surface area contributed by atoms with Crippen LogP contribution in [0.15, 0.2) is 36.4 Å². The minimum absolute atomic E-state index is 0.0666. The first-order valence-electron chi connectivity index (χ1n) is 9.83. The first-order valence-corrected chi connectivity index (χ1v) is 9.83. The molecule has 8 nitrogen and oxygen atoms in total. The quantitative estimate of drug-likeness (QED) is 0.791. The first kappa shape index (κ1) is 19.2. The monoisotopic (exact) mass is 395 g/mol. The van der Waals surface area contributed by atoms with Crippen LogP contribution in [0.2, 0.25) is 0 Å². The zero-order valence-corrected chi connectivity index (χ0v) is 16.8. The normalized spacial score (nSPS) is 23.3. The van der Waals surface area contributed by atoms with Crippen molar-refractivity contribution < 1.29 is 14.4 Å². The van der Waals surface area contributed by atoms with Crippen LogP contribution >= 0.6 is 0 Å². The highest BCUT2D eigenvalue weighted by Gasteiger charge is 2.57. The number of hydrogen-bond acceptors (Lipinski definition) is 4. The fourth-order valence-corrected chi connectivity index (χ4v) is 4.19. The number of carbonyl (C=O) groups is 3. The van der Waals surface area contributed by atoms with E-state index in [1.807, 2.05) is 42.2 Å². The van der Waals surface area contributed by atoms with E-state index in [0.717, 1.165) is 5.56 Å². The van der Waals surface area contributed by atoms with Crippen LogP contribution in [-0.4, -0.2) is 58.6 Å². The summed E-state index contributed by atoms with van der Waals surface area (Å²) in [7, 11) is 1.54. The molecule has 1 aliphatic carbocycles. The van der Waals surface area contributed by atoms with E-state index in [1.165, 1.54) is 13.1 Å². The molecule has 0 bridgehead atoms. The molecular weight excluding hydrogens is 370 g/mol. The molecule has 1 aliphatic heterocycles. The van der Waals surface area contributed by atoms with E-state index >= 15 is 0 Å². The molecular formula is C21H25N5O3. The summed E-state index contributed by atoms with van der Waals surface area (Å²) in [6.45, 7) is 4.90. The fraction of sp³-hybridized carbons (Fsp3) is 0.429. The van der Waals surface area contributed by atoms with Gasteiger partial charge in [-0.1, -0.05) is 30.3 Å². The molecule has 1 saturated carbocycles. The minimum Gasteiger partial charge on any atom is -0.354 e. The predicted octanol–water partition coefficient (Wildman–Crippen LogP) is 1.06. The molecule has 2 aromatic rings. The van der Waals surface area contributed by atoms with Gasteiger partial charge in [0.15, 0.2) is 5.69 Å². The van der Waals surface area contributed by atoms with E-state index in [0.29, 0.717) is 30.6 Å². The van der Waals surface area contributed by atoms with Gasteiger partial charge in [-0.25, -0.2) is 0 Å². The van der Waals surface area contributed by atoms with Crippen LogP contribution in [0.3, 0.4) is 0 Å². The van der Waals surface area contributed by atoms with Crippen LogP contribution in [0, 0.1) is 11.8 Å². The van der Waals surface area contributed by atoms with Gasteiger partial charge in [0.1, 0.15) is 5.69 Å². The molecule has 1 saturated heterocycles. The number of fused-ring (bicyclic) bond motifs is 1. The van der Waals surface area contributed by atoms with Gasteiger partial charge in [-0.05, 0) is 12.5 Å². The summed E-state index contributed by atoms with van der Waals surface area (Å²) in [6.07, 6.45) is 0. The number of piperidine rings is 1. The Morgan fingerprint density at radius 1 is 1.10 bits per heavy atom. The maximum absolute atomic E-state index is 13.0. The van der Waals surface area contributed by atoms with Crippen molar-refractivity contribution in [3.63, 3.8) is 0 Å². The largest absolute Gasteiger partial charge is 0.354 e. The van der Waals surface area contributed by atoms with Crippen molar-refractivity contribution >= 4 is 17.7 Å². The summed E-state index contributed by atoms with van der Waals surface area (Å²) in [4.78, 5) is 38.5. The summed E-state index contributed by atoms with van der Waals surface area (Å²) < 4.78 is 1.61. The van der Waals surface area contributed by atoms with Gasteiger partial charge in [0.2, 0.25) is 5.91 Å². The van der Waals surface area contributed by atoms with Crippen molar-refractivity contribution in [2.45, 2.75) is 25.9 Å². The van der Waals surface area contributed by atoms with E-state index in [4.69, 9.17) is 0 Å². The average molecular weight is 395 g/mol. The van der Waals surface area contributed by atoms with Crippen molar-refractivity contribution in [2.75, 3.05) is 20.1 Å². The van der Waals surface area contributed by atoms with Crippen LogP contribution in [0.25, 0.3) is 0 Å². The zero-order chi connectivity index (χ0) is 20.7. The number of nitrogens with one attached hydrogen (secondary N) is 2. The Balaban J connectivity index is 1.55. The van der Waals surface area contributed by atoms with Gasteiger partial charge in [-0.2, -0.15) is 5.10 Å². The topological polar surface area (TPSA) is 96.3 Å². The predicted molar refractivity (Wildman–Crippen MR) is 106 cm³/mol. The SMILES string of the molecule is CNC(=O)c1cc(C(=O)N[C@H]2[C@@H]3CN(C(C)=O)C[C@@H]32)n([C@@H](C)c2ccccc2)n1. The number of likely N-dealkylation sites (tertiary alicyclic amines) is 1. The van der Waals surface area contributed by atoms with Crippen molar-refractivity contribution in [3.05, 3.63) is 53.3 Å². The van der Waals surface area contributed by atoms with Crippen molar-refractivity contribution in [1.82, 2.24) is 25.3 Å². The molecule has 2 N–H and O–H groups in total. The molecule has 2 aliphatic rings. The maximum Gasteiger partial charge on any atom is 0.271 e. The van der Waals surface area contributed by atoms with E-state index in [1.54, 1.807) is 11.6 Å². The summed E-state index contributed by atoms with van der Waals surface area (Å²) >= 11 is 0. The van der Waals surface area contributed by atoms with Crippen molar-refractivity contribution in [1.29, 1.82) is 0 Å². The van der Waals surface area contributed by atoms with E-state index in [2.05, 4.69) is 15.7 Å². The molecule has 1 aromatic carbocycles. The number of nitrogens with zero attached hydrogens (tertiary/aromatic N) is 3. The van der Waals surface area contributed by atoms with Crippen LogP contribution < -0.4 is 10.6 Å². The molecule has 0 radical (unpaired) electrons. The summed E-state index contributed by atoms with van der Waals surface area (Å²) in [6, 6.07) is 11.1. The van der Waals surface area contributed by atoms with Gasteiger partial charge in [0.05, 0.1) is 6.04 Å². The Bertz CT molecular complexity index is 942. The minimum atomic E-state index is -0.335. The van der Waals surface area contributed by atoms with Gasteiger partial charge in [-0.3, -0.25) is 19.1 Å². The number of rotatable bonds is 5. The van der Waals surface area contributed by atoms with Gasteiger partial charge in [-0.15, -0.1) is 0 Å². The second-order valence-corrected chi connectivity index (χ2v) is 7.78. The number of benzene rings is 1. The number of carbonyl (C=O) groups excluding carboxylic acids is 3. The van der Waals surface area contributed by atoms with E-state index in [-0.39, 0.29) is 35.5 Å². The molecule has 4 rings (SSSR count). The first-order chi connectivity index (χ1) is 13.9. The number of aromatic nitrogens is 2. The van der Waals surface area contributed by atoms with Crippen LogP contribution in [-0.2, 0) is 4.79 Å². The molecule has 8 heteroatoms. The Morgan fingerprint density at radius 3 is 2.34 bits per heavy atom. The lowest BCUT2D eigenvalue weighted by atomic mass is 10.1. The highest BCUT2D eigenvalue weighted by Crippen LogP contribution is 2.45. The summed E-state index contributed by atoms with van der Waals surface area (Å²) in [5, 5.41) is 10.0. The lowest BCUT2D eigenvalue weighted by Gasteiger charge is -2.19. The maximum atomic E-state index is 13.0. The smallest absolute Gasteiger partial charge is 0.271 e. The third-order valence-corrected chi connectivity index (χ3v) is 6.01. The lowest BCUT2D eigenvalue weighted by molar-refractivity contribution is -0.128. The number of amides is 3. The molecule has 3 amide bonds. The molecule has 2 fully saturated rings. The van der Waals surface area contributed by atoms with Crippen LogP contribution in [0.4, 0.5) is 0 Å². The summed E-state index contributed by atoms with van der Waals surface area (Å²) in [5.41, 5.74) is 1.56.